The third-order valence-corrected chi connectivity index (χ3v) is 4.49. The number of ether oxygens (including phenoxy) is 1. The number of amides is 1. The quantitative estimate of drug-likeness (QED) is 0.775. The minimum Gasteiger partial charge on any atom is -0.491 e. The molecule has 0 spiro atoms. The topological polar surface area (TPSA) is 38.3 Å². The zero-order valence-electron chi connectivity index (χ0n) is 14.5. The Morgan fingerprint density at radius 2 is 1.96 bits per heavy atom. The smallest absolute Gasteiger partial charge is 0.230 e. The Morgan fingerprint density at radius 1 is 1.17 bits per heavy atom. The van der Waals surface area contributed by atoms with Crippen molar-refractivity contribution >= 4 is 17.7 Å². The predicted octanol–water partition coefficient (Wildman–Crippen LogP) is 4.33. The molecule has 1 amide bonds. The summed E-state index contributed by atoms with van der Waals surface area (Å²) in [5, 5.41) is 2.97. The van der Waals surface area contributed by atoms with Crippen LogP contribution in [0, 0.1) is 6.92 Å². The third kappa shape index (κ3) is 6.28. The fraction of sp³-hybridized carbons (Fsp3) is 0.350. The molecule has 2 rings (SSSR count). The number of hydrogen-bond acceptors (Lipinski definition) is 3. The van der Waals surface area contributed by atoms with E-state index in [1.165, 1.54) is 11.1 Å². The zero-order valence-corrected chi connectivity index (χ0v) is 15.4. The van der Waals surface area contributed by atoms with Crippen LogP contribution in [0.4, 0.5) is 0 Å². The van der Waals surface area contributed by atoms with Crippen LogP contribution in [0.15, 0.2) is 48.5 Å². The highest BCUT2D eigenvalue weighted by atomic mass is 32.2. The lowest BCUT2D eigenvalue weighted by molar-refractivity contribution is -0.118. The summed E-state index contributed by atoms with van der Waals surface area (Å²) in [4.78, 5) is 12.0. The molecule has 128 valence electrons. The highest BCUT2D eigenvalue weighted by molar-refractivity contribution is 7.99. The summed E-state index contributed by atoms with van der Waals surface area (Å²) in [5.74, 6) is 2.23. The van der Waals surface area contributed by atoms with Crippen LogP contribution in [0.25, 0.3) is 0 Å². The van der Waals surface area contributed by atoms with Gasteiger partial charge in [0, 0.05) is 12.3 Å². The molecule has 4 heteroatoms. The Kier molecular flexibility index (Phi) is 7.19. The van der Waals surface area contributed by atoms with Gasteiger partial charge >= 0.3 is 0 Å². The van der Waals surface area contributed by atoms with Crippen LogP contribution in [0.3, 0.4) is 0 Å². The Morgan fingerprint density at radius 3 is 2.71 bits per heavy atom. The van der Waals surface area contributed by atoms with Crippen molar-refractivity contribution in [2.75, 3.05) is 5.75 Å². The molecule has 0 heterocycles. The van der Waals surface area contributed by atoms with E-state index in [9.17, 15) is 4.79 Å². The average molecular weight is 343 g/mol. The number of nitrogens with one attached hydrogen (secondary N) is 1. The molecule has 0 aliphatic carbocycles. The summed E-state index contributed by atoms with van der Waals surface area (Å²) in [5.41, 5.74) is 3.60. The summed E-state index contributed by atoms with van der Waals surface area (Å²) in [7, 11) is 0. The average Bonchev–Trinajstić information content (AvgIpc) is 2.54. The van der Waals surface area contributed by atoms with Crippen LogP contribution in [-0.4, -0.2) is 17.8 Å². The standard InChI is InChI=1S/C20H25NO2S/c1-15(2)23-19-10-6-8-17(11-19)12-21-20(22)14-24-13-18-9-5-4-7-16(18)3/h4-11,15H,12-14H2,1-3H3,(H,21,22). The van der Waals surface area contributed by atoms with Crippen molar-refractivity contribution < 1.29 is 9.53 Å². The van der Waals surface area contributed by atoms with Crippen LogP contribution >= 0.6 is 11.8 Å². The van der Waals surface area contributed by atoms with Gasteiger partial charge < -0.3 is 10.1 Å². The summed E-state index contributed by atoms with van der Waals surface area (Å²) in [6.07, 6.45) is 0.146. The Labute approximate surface area is 148 Å². The predicted molar refractivity (Wildman–Crippen MR) is 101 cm³/mol. The van der Waals surface area contributed by atoms with Crippen molar-refractivity contribution in [3.8, 4) is 5.75 Å². The van der Waals surface area contributed by atoms with Crippen LogP contribution < -0.4 is 10.1 Å². The lowest BCUT2D eigenvalue weighted by Gasteiger charge is -2.11. The fourth-order valence-corrected chi connectivity index (χ4v) is 3.21. The molecule has 24 heavy (non-hydrogen) atoms. The van der Waals surface area contributed by atoms with E-state index in [0.717, 1.165) is 17.1 Å². The van der Waals surface area contributed by atoms with Crippen molar-refractivity contribution in [1.29, 1.82) is 0 Å². The van der Waals surface area contributed by atoms with Gasteiger partial charge in [0.05, 0.1) is 11.9 Å². The van der Waals surface area contributed by atoms with Gasteiger partial charge in [-0.05, 0) is 49.6 Å². The molecule has 0 unspecified atom stereocenters. The molecule has 2 aromatic carbocycles. The van der Waals surface area contributed by atoms with E-state index < -0.39 is 0 Å². The van der Waals surface area contributed by atoms with Crippen LogP contribution in [-0.2, 0) is 17.1 Å². The molecule has 0 fully saturated rings. The number of carbonyl (C=O) groups excluding carboxylic acids is 1. The van der Waals surface area contributed by atoms with Crippen molar-refractivity contribution in [3.05, 3.63) is 65.2 Å². The first-order valence-electron chi connectivity index (χ1n) is 8.19. The van der Waals surface area contributed by atoms with Gasteiger partial charge in [0.15, 0.2) is 0 Å². The van der Waals surface area contributed by atoms with Crippen LogP contribution in [0.2, 0.25) is 0 Å². The van der Waals surface area contributed by atoms with E-state index in [0.29, 0.717) is 12.3 Å². The summed E-state index contributed by atoms with van der Waals surface area (Å²) >= 11 is 1.64. The molecule has 0 saturated heterocycles. The SMILES string of the molecule is Cc1ccccc1CSCC(=O)NCc1cccc(OC(C)C)c1. The molecule has 0 atom stereocenters. The van der Waals surface area contributed by atoms with Crippen molar-refractivity contribution in [3.63, 3.8) is 0 Å². The number of hydrogen-bond donors (Lipinski definition) is 1. The molecule has 0 saturated carbocycles. The first-order chi connectivity index (χ1) is 11.5. The maximum Gasteiger partial charge on any atom is 0.230 e. The number of aryl methyl sites for hydroxylation is 1. The summed E-state index contributed by atoms with van der Waals surface area (Å²) < 4.78 is 5.67. The molecule has 0 aliphatic heterocycles. The maximum absolute atomic E-state index is 12.0. The van der Waals surface area contributed by atoms with Gasteiger partial charge in [-0.1, -0.05) is 36.4 Å². The molecule has 0 bridgehead atoms. The Hall–Kier alpha value is -1.94. The van der Waals surface area contributed by atoms with E-state index in [1.807, 2.05) is 50.2 Å². The first kappa shape index (κ1) is 18.4. The molecular weight excluding hydrogens is 318 g/mol. The lowest BCUT2D eigenvalue weighted by Crippen LogP contribution is -2.24. The van der Waals surface area contributed by atoms with Crippen molar-refractivity contribution in [2.45, 2.75) is 39.2 Å². The van der Waals surface area contributed by atoms with Gasteiger partial charge in [-0.25, -0.2) is 0 Å². The largest absolute Gasteiger partial charge is 0.491 e. The molecule has 2 aromatic rings. The number of rotatable bonds is 8. The molecule has 0 aliphatic rings. The van der Waals surface area contributed by atoms with E-state index in [4.69, 9.17) is 4.74 Å². The second-order valence-corrected chi connectivity index (χ2v) is 7.00. The van der Waals surface area contributed by atoms with Gasteiger partial charge in [-0.3, -0.25) is 4.79 Å². The normalized spacial score (nSPS) is 10.7. The fourth-order valence-electron chi connectivity index (χ4n) is 2.28. The zero-order chi connectivity index (χ0) is 17.4. The van der Waals surface area contributed by atoms with Crippen molar-refractivity contribution in [2.24, 2.45) is 0 Å². The van der Waals surface area contributed by atoms with Gasteiger partial charge in [0.2, 0.25) is 5.91 Å². The molecule has 1 N–H and O–H groups in total. The minimum atomic E-state index is 0.0590. The van der Waals surface area contributed by atoms with Gasteiger partial charge in [-0.2, -0.15) is 0 Å². The number of benzene rings is 2. The highest BCUT2D eigenvalue weighted by Crippen LogP contribution is 2.16. The summed E-state index contributed by atoms with van der Waals surface area (Å²) in [6, 6.07) is 16.1. The van der Waals surface area contributed by atoms with E-state index in [1.54, 1.807) is 11.8 Å². The van der Waals surface area contributed by atoms with E-state index >= 15 is 0 Å². The lowest BCUT2D eigenvalue weighted by atomic mass is 10.1. The van der Waals surface area contributed by atoms with E-state index in [-0.39, 0.29) is 12.0 Å². The van der Waals surface area contributed by atoms with Crippen molar-refractivity contribution in [1.82, 2.24) is 5.32 Å². The van der Waals surface area contributed by atoms with Crippen LogP contribution in [0.1, 0.15) is 30.5 Å². The minimum absolute atomic E-state index is 0.0590. The molecule has 0 radical (unpaired) electrons. The highest BCUT2D eigenvalue weighted by Gasteiger charge is 2.05. The first-order valence-corrected chi connectivity index (χ1v) is 9.34. The number of thioether (sulfide) groups is 1. The van der Waals surface area contributed by atoms with Gasteiger partial charge in [0.25, 0.3) is 0 Å². The maximum atomic E-state index is 12.0. The number of carbonyl (C=O) groups is 1. The second kappa shape index (κ2) is 9.38. The van der Waals surface area contributed by atoms with Gasteiger partial charge in [-0.15, -0.1) is 11.8 Å². The Bertz CT molecular complexity index is 670. The second-order valence-electron chi connectivity index (χ2n) is 6.01. The summed E-state index contributed by atoms with van der Waals surface area (Å²) in [6.45, 7) is 6.63. The van der Waals surface area contributed by atoms with E-state index in [2.05, 4.69) is 24.4 Å². The van der Waals surface area contributed by atoms with Crippen LogP contribution in [0.5, 0.6) is 5.75 Å². The third-order valence-electron chi connectivity index (χ3n) is 3.51. The van der Waals surface area contributed by atoms with Gasteiger partial charge in [0.1, 0.15) is 5.75 Å². The molecule has 0 aromatic heterocycles. The Balaban J connectivity index is 1.74. The monoisotopic (exact) mass is 343 g/mol. The molecule has 3 nitrogen and oxygen atoms in total. The molecular formula is C20H25NO2S.